The van der Waals surface area contributed by atoms with Gasteiger partial charge in [0.2, 0.25) is 5.95 Å². The molecule has 21 heavy (non-hydrogen) atoms. The first-order chi connectivity index (χ1) is 10.2. The van der Waals surface area contributed by atoms with Gasteiger partial charge in [0.05, 0.1) is 4.92 Å². The van der Waals surface area contributed by atoms with Gasteiger partial charge in [0.25, 0.3) is 0 Å². The van der Waals surface area contributed by atoms with Gasteiger partial charge in [-0.15, -0.1) is 0 Å². The highest BCUT2D eigenvalue weighted by atomic mass is 32.2. The molecule has 0 unspecified atom stereocenters. The fourth-order valence-electron chi connectivity index (χ4n) is 1.64. The zero-order valence-electron chi connectivity index (χ0n) is 11.7. The maximum absolute atomic E-state index is 11.1. The lowest BCUT2D eigenvalue weighted by Gasteiger charge is -2.06. The highest BCUT2D eigenvalue weighted by Crippen LogP contribution is 2.29. The van der Waals surface area contributed by atoms with E-state index in [0.29, 0.717) is 16.7 Å². The molecule has 1 N–H and O–H groups in total. The number of aromatic nitrogens is 2. The number of nitrogens with zero attached hydrogens (tertiary/aromatic N) is 3. The molecular weight excluding hydrogens is 288 g/mol. The molecule has 1 heterocycles. The normalized spacial score (nSPS) is 10.3. The van der Waals surface area contributed by atoms with Crippen molar-refractivity contribution in [3.05, 3.63) is 52.2 Å². The number of hydrogen-bond acceptors (Lipinski definition) is 6. The number of nitrogens with one attached hydrogen (secondary N) is 1. The van der Waals surface area contributed by atoms with Crippen LogP contribution in [0.3, 0.4) is 0 Å². The summed E-state index contributed by atoms with van der Waals surface area (Å²) in [6.07, 6.45) is 2.20. The second-order valence-electron chi connectivity index (χ2n) is 4.34. The zero-order valence-corrected chi connectivity index (χ0v) is 12.5. The summed E-state index contributed by atoms with van der Waals surface area (Å²) in [5.41, 5.74) is 1.04. The molecule has 2 rings (SSSR count). The third-order valence-electron chi connectivity index (χ3n) is 2.68. The summed E-state index contributed by atoms with van der Waals surface area (Å²) in [6, 6.07) is 9.79. The molecule has 0 radical (unpaired) electrons. The number of benzene rings is 1. The Labute approximate surface area is 127 Å². The van der Waals surface area contributed by atoms with Crippen molar-refractivity contribution >= 4 is 23.4 Å². The van der Waals surface area contributed by atoms with Crippen molar-refractivity contribution < 1.29 is 4.92 Å². The maximum atomic E-state index is 11.1. The summed E-state index contributed by atoms with van der Waals surface area (Å²) >= 11 is 1.34. The molecule has 7 heteroatoms. The number of anilines is 1. The largest absolute Gasteiger partial charge is 0.354 e. The van der Waals surface area contributed by atoms with Crippen molar-refractivity contribution in [3.8, 4) is 0 Å². The molecule has 0 amide bonds. The molecule has 2 aromatic rings. The Morgan fingerprint density at radius 1 is 1.33 bits per heavy atom. The van der Waals surface area contributed by atoms with Crippen LogP contribution in [0.25, 0.3) is 0 Å². The molecule has 0 saturated heterocycles. The van der Waals surface area contributed by atoms with E-state index in [0.717, 1.165) is 18.5 Å². The first kappa shape index (κ1) is 15.2. The summed E-state index contributed by atoms with van der Waals surface area (Å²) in [5, 5.41) is 14.5. The Morgan fingerprint density at radius 2 is 2.10 bits per heavy atom. The molecular formula is C14H16N4O2S. The van der Waals surface area contributed by atoms with Crippen molar-refractivity contribution in [2.24, 2.45) is 0 Å². The number of thioether (sulfide) groups is 1. The quantitative estimate of drug-likeness (QED) is 0.365. The highest BCUT2D eigenvalue weighted by Gasteiger charge is 2.17. The van der Waals surface area contributed by atoms with Crippen LogP contribution in [0.15, 0.2) is 41.6 Å². The molecule has 110 valence electrons. The molecule has 0 spiro atoms. The minimum atomic E-state index is -0.447. The summed E-state index contributed by atoms with van der Waals surface area (Å²) in [5.74, 6) is 1.06. The Kier molecular flexibility index (Phi) is 5.51. The van der Waals surface area contributed by atoms with Gasteiger partial charge in [0, 0.05) is 12.3 Å². The van der Waals surface area contributed by atoms with Crippen LogP contribution in [0, 0.1) is 10.1 Å². The number of rotatable bonds is 7. The van der Waals surface area contributed by atoms with Crippen LogP contribution in [0.2, 0.25) is 0 Å². The van der Waals surface area contributed by atoms with E-state index in [1.807, 2.05) is 37.3 Å². The summed E-state index contributed by atoms with van der Waals surface area (Å²) in [6.45, 7) is 2.77. The van der Waals surface area contributed by atoms with E-state index in [4.69, 9.17) is 0 Å². The highest BCUT2D eigenvalue weighted by molar-refractivity contribution is 7.98. The Bertz CT molecular complexity index is 607. The standard InChI is InChI=1S/C14H16N4O2S/c1-2-8-15-14-16-9-12(18(19)20)13(17-14)21-10-11-6-4-3-5-7-11/h3-7,9H,2,8,10H2,1H3,(H,15,16,17). The van der Waals surface area contributed by atoms with Gasteiger partial charge in [-0.2, -0.15) is 4.98 Å². The van der Waals surface area contributed by atoms with Crippen LogP contribution in [0.5, 0.6) is 0 Å². The van der Waals surface area contributed by atoms with Crippen molar-refractivity contribution in [2.75, 3.05) is 11.9 Å². The van der Waals surface area contributed by atoms with Crippen LogP contribution >= 0.6 is 11.8 Å². The van der Waals surface area contributed by atoms with Crippen molar-refractivity contribution in [3.63, 3.8) is 0 Å². The fourth-order valence-corrected chi connectivity index (χ4v) is 2.56. The van der Waals surface area contributed by atoms with Crippen LogP contribution in [-0.4, -0.2) is 21.4 Å². The number of nitro groups is 1. The van der Waals surface area contributed by atoms with Crippen molar-refractivity contribution in [1.82, 2.24) is 9.97 Å². The predicted molar refractivity (Wildman–Crippen MR) is 83.5 cm³/mol. The third-order valence-corrected chi connectivity index (χ3v) is 3.74. The van der Waals surface area contributed by atoms with Crippen molar-refractivity contribution in [1.29, 1.82) is 0 Å². The maximum Gasteiger partial charge on any atom is 0.319 e. The van der Waals surface area contributed by atoms with Crippen LogP contribution in [0.4, 0.5) is 11.6 Å². The lowest BCUT2D eigenvalue weighted by Crippen LogP contribution is -2.06. The van der Waals surface area contributed by atoms with E-state index in [9.17, 15) is 10.1 Å². The topological polar surface area (TPSA) is 81.0 Å². The molecule has 0 saturated carbocycles. The van der Waals surface area contributed by atoms with E-state index in [1.165, 1.54) is 18.0 Å². The molecule has 0 aliphatic rings. The van der Waals surface area contributed by atoms with Gasteiger partial charge in [-0.3, -0.25) is 10.1 Å². The molecule has 0 aliphatic heterocycles. The van der Waals surface area contributed by atoms with E-state index in [2.05, 4.69) is 15.3 Å². The Hall–Kier alpha value is -2.15. The molecule has 0 aliphatic carbocycles. The Morgan fingerprint density at radius 3 is 2.76 bits per heavy atom. The van der Waals surface area contributed by atoms with Crippen molar-refractivity contribution in [2.45, 2.75) is 24.1 Å². The van der Waals surface area contributed by atoms with Crippen LogP contribution < -0.4 is 5.32 Å². The lowest BCUT2D eigenvalue weighted by atomic mass is 10.2. The molecule has 0 fully saturated rings. The first-order valence-corrected chi connectivity index (χ1v) is 7.61. The monoisotopic (exact) mass is 304 g/mol. The van der Waals surface area contributed by atoms with E-state index < -0.39 is 4.92 Å². The summed E-state index contributed by atoms with van der Waals surface area (Å²) in [7, 11) is 0. The molecule has 0 atom stereocenters. The molecule has 6 nitrogen and oxygen atoms in total. The van der Waals surface area contributed by atoms with E-state index in [-0.39, 0.29) is 5.69 Å². The van der Waals surface area contributed by atoms with Crippen LogP contribution in [-0.2, 0) is 5.75 Å². The van der Waals surface area contributed by atoms with Gasteiger partial charge >= 0.3 is 5.69 Å². The minimum Gasteiger partial charge on any atom is -0.354 e. The van der Waals surface area contributed by atoms with Gasteiger partial charge in [-0.05, 0) is 12.0 Å². The number of hydrogen-bond donors (Lipinski definition) is 1. The average Bonchev–Trinajstić information content (AvgIpc) is 2.51. The Balaban J connectivity index is 2.16. The zero-order chi connectivity index (χ0) is 15.1. The lowest BCUT2D eigenvalue weighted by molar-refractivity contribution is -0.388. The SMILES string of the molecule is CCCNc1ncc([N+](=O)[O-])c(SCc2ccccc2)n1. The first-order valence-electron chi connectivity index (χ1n) is 6.62. The third kappa shape index (κ3) is 4.42. The van der Waals surface area contributed by atoms with E-state index in [1.54, 1.807) is 0 Å². The summed E-state index contributed by atoms with van der Waals surface area (Å²) < 4.78 is 0. The molecule has 1 aromatic heterocycles. The van der Waals surface area contributed by atoms with Crippen LogP contribution in [0.1, 0.15) is 18.9 Å². The average molecular weight is 304 g/mol. The van der Waals surface area contributed by atoms with Gasteiger partial charge < -0.3 is 5.32 Å². The second-order valence-corrected chi connectivity index (χ2v) is 5.31. The fraction of sp³-hybridized carbons (Fsp3) is 0.286. The van der Waals surface area contributed by atoms with Gasteiger partial charge in [0.15, 0.2) is 5.03 Å². The predicted octanol–water partition coefficient (Wildman–Crippen LogP) is 3.50. The molecule has 0 bridgehead atoms. The smallest absolute Gasteiger partial charge is 0.319 e. The van der Waals surface area contributed by atoms with E-state index >= 15 is 0 Å². The second kappa shape index (κ2) is 7.58. The molecule has 1 aromatic carbocycles. The van der Waals surface area contributed by atoms with Gasteiger partial charge in [0.1, 0.15) is 6.20 Å². The minimum absolute atomic E-state index is 0.0574. The van der Waals surface area contributed by atoms with Gasteiger partial charge in [-0.1, -0.05) is 49.0 Å². The summed E-state index contributed by atoms with van der Waals surface area (Å²) in [4.78, 5) is 18.8. The van der Waals surface area contributed by atoms with Gasteiger partial charge in [-0.25, -0.2) is 4.98 Å².